The van der Waals surface area contributed by atoms with Crippen molar-refractivity contribution in [3.63, 3.8) is 0 Å². The second kappa shape index (κ2) is 8.94. The Morgan fingerprint density at radius 3 is 2.78 bits per heavy atom. The van der Waals surface area contributed by atoms with Crippen LogP contribution >= 0.6 is 0 Å². The van der Waals surface area contributed by atoms with E-state index in [4.69, 9.17) is 5.73 Å². The van der Waals surface area contributed by atoms with Gasteiger partial charge in [0.25, 0.3) is 0 Å². The molecule has 8 nitrogen and oxygen atoms in total. The summed E-state index contributed by atoms with van der Waals surface area (Å²) in [5, 5.41) is 23.9. The molecule has 0 spiro atoms. The number of nitrogens with one attached hydrogen (secondary N) is 1. The van der Waals surface area contributed by atoms with Gasteiger partial charge in [-0.05, 0) is 43.4 Å². The van der Waals surface area contributed by atoms with Crippen LogP contribution in [-0.2, 0) is 11.2 Å². The summed E-state index contributed by atoms with van der Waals surface area (Å²) in [5.41, 5.74) is 8.31. The first-order valence-corrected chi connectivity index (χ1v) is 9.64. The quantitative estimate of drug-likeness (QED) is 0.647. The number of nitrogens with two attached hydrogens (primary N) is 1. The van der Waals surface area contributed by atoms with E-state index in [1.807, 2.05) is 6.92 Å². The molecule has 0 saturated carbocycles. The van der Waals surface area contributed by atoms with E-state index in [9.17, 15) is 9.90 Å². The first-order valence-electron chi connectivity index (χ1n) is 9.64. The Bertz CT molecular complexity index is 718. The van der Waals surface area contributed by atoms with Crippen molar-refractivity contribution in [3.05, 3.63) is 35.7 Å². The number of nitrogens with zero attached hydrogens (tertiary/aromatic N) is 4. The van der Waals surface area contributed by atoms with Gasteiger partial charge in [0, 0.05) is 30.7 Å². The predicted octanol–water partition coefficient (Wildman–Crippen LogP) is 1.95. The van der Waals surface area contributed by atoms with E-state index in [2.05, 4.69) is 49.8 Å². The van der Waals surface area contributed by atoms with Crippen LogP contribution < -0.4 is 10.6 Å². The lowest BCUT2D eigenvalue weighted by molar-refractivity contribution is -0.142. The summed E-state index contributed by atoms with van der Waals surface area (Å²) in [7, 11) is 0. The van der Waals surface area contributed by atoms with E-state index < -0.39 is 11.9 Å². The number of carbonyl (C=O) groups is 1. The Hall–Kier alpha value is -2.48. The Balaban J connectivity index is 1.76. The topological polar surface area (TPSA) is 121 Å². The molecule has 4 N–H and O–H groups in total. The first-order chi connectivity index (χ1) is 13.1. The molecule has 1 aromatic carbocycles. The Kier molecular flexibility index (Phi) is 6.39. The SMILES string of the molecule is CCCC(C(=O)O)C(Cc1ccc(N2CCCC(N)C2)cc1)c1nn[nH]n1. The third-order valence-electron chi connectivity index (χ3n) is 5.31. The van der Waals surface area contributed by atoms with E-state index in [1.54, 1.807) is 0 Å². The molecule has 1 fully saturated rings. The highest BCUT2D eigenvalue weighted by Crippen LogP contribution is 2.30. The number of hydrogen-bond acceptors (Lipinski definition) is 6. The van der Waals surface area contributed by atoms with Crippen LogP contribution in [0, 0.1) is 5.92 Å². The normalized spacial score (nSPS) is 19.6. The standard InChI is InChI=1S/C19H28N6O2/c1-2-4-16(19(26)27)17(18-21-23-24-22-18)11-13-6-8-15(9-7-13)25-10-3-5-14(20)12-25/h6-9,14,16-17H,2-5,10-12,20H2,1H3,(H,26,27)(H,21,22,23,24). The minimum absolute atomic E-state index is 0.228. The Morgan fingerprint density at radius 1 is 1.41 bits per heavy atom. The number of carboxylic acids is 1. The average Bonchev–Trinajstić information content (AvgIpc) is 3.19. The minimum atomic E-state index is -0.814. The third-order valence-corrected chi connectivity index (χ3v) is 5.31. The minimum Gasteiger partial charge on any atom is -0.481 e. The highest BCUT2D eigenvalue weighted by atomic mass is 16.4. The summed E-state index contributed by atoms with van der Waals surface area (Å²) in [4.78, 5) is 14.1. The molecule has 1 aliphatic rings. The van der Waals surface area contributed by atoms with Crippen molar-refractivity contribution in [2.75, 3.05) is 18.0 Å². The van der Waals surface area contributed by atoms with Crippen molar-refractivity contribution in [1.82, 2.24) is 20.6 Å². The summed E-state index contributed by atoms with van der Waals surface area (Å²) in [6.45, 7) is 3.89. The van der Waals surface area contributed by atoms with E-state index in [0.717, 1.165) is 43.6 Å². The number of benzene rings is 1. The summed E-state index contributed by atoms with van der Waals surface area (Å²) in [6, 6.07) is 8.54. The molecule has 3 atom stereocenters. The molecule has 0 aliphatic carbocycles. The van der Waals surface area contributed by atoms with Gasteiger partial charge in [0.05, 0.1) is 5.92 Å². The van der Waals surface area contributed by atoms with Gasteiger partial charge in [-0.3, -0.25) is 4.79 Å². The highest BCUT2D eigenvalue weighted by molar-refractivity contribution is 5.71. The summed E-state index contributed by atoms with van der Waals surface area (Å²) in [6.07, 6.45) is 4.13. The van der Waals surface area contributed by atoms with Gasteiger partial charge in [0.1, 0.15) is 0 Å². The summed E-state index contributed by atoms with van der Waals surface area (Å²) in [5.74, 6) is -1.20. The lowest BCUT2D eigenvalue weighted by Crippen LogP contribution is -2.42. The molecule has 3 rings (SSSR count). The fourth-order valence-electron chi connectivity index (χ4n) is 3.89. The molecular weight excluding hydrogens is 344 g/mol. The second-order valence-corrected chi connectivity index (χ2v) is 7.33. The van der Waals surface area contributed by atoms with Gasteiger partial charge in [-0.2, -0.15) is 5.21 Å². The molecule has 8 heteroatoms. The van der Waals surface area contributed by atoms with Crippen molar-refractivity contribution in [3.8, 4) is 0 Å². The molecule has 2 aromatic rings. The maximum atomic E-state index is 11.8. The average molecular weight is 372 g/mol. The number of H-pyrrole nitrogens is 1. The van der Waals surface area contributed by atoms with Crippen LogP contribution in [0.25, 0.3) is 0 Å². The smallest absolute Gasteiger partial charge is 0.307 e. The van der Waals surface area contributed by atoms with Crippen molar-refractivity contribution in [2.24, 2.45) is 11.7 Å². The van der Waals surface area contributed by atoms with Crippen LogP contribution in [0.3, 0.4) is 0 Å². The Labute approximate surface area is 159 Å². The van der Waals surface area contributed by atoms with Gasteiger partial charge in [-0.1, -0.05) is 30.7 Å². The fraction of sp³-hybridized carbons (Fsp3) is 0.579. The molecule has 0 radical (unpaired) electrons. The number of hydrogen-bond donors (Lipinski definition) is 3. The van der Waals surface area contributed by atoms with E-state index in [1.165, 1.54) is 0 Å². The van der Waals surface area contributed by atoms with Crippen molar-refractivity contribution >= 4 is 11.7 Å². The number of rotatable bonds is 8. The molecule has 0 bridgehead atoms. The largest absolute Gasteiger partial charge is 0.481 e. The zero-order valence-corrected chi connectivity index (χ0v) is 15.7. The number of carboxylic acid groups (broad SMARTS) is 1. The summed E-state index contributed by atoms with van der Waals surface area (Å²) < 4.78 is 0. The molecule has 1 aromatic heterocycles. The van der Waals surface area contributed by atoms with Crippen LogP contribution in [0.4, 0.5) is 5.69 Å². The first kappa shape index (κ1) is 19.3. The van der Waals surface area contributed by atoms with Gasteiger partial charge >= 0.3 is 5.97 Å². The molecule has 1 aliphatic heterocycles. The van der Waals surface area contributed by atoms with Crippen molar-refractivity contribution in [1.29, 1.82) is 0 Å². The van der Waals surface area contributed by atoms with Crippen LogP contribution in [-0.4, -0.2) is 50.8 Å². The van der Waals surface area contributed by atoms with E-state index in [0.29, 0.717) is 18.7 Å². The maximum Gasteiger partial charge on any atom is 0.307 e. The molecule has 1 saturated heterocycles. The van der Waals surface area contributed by atoms with Gasteiger partial charge in [0.2, 0.25) is 0 Å². The number of aromatic nitrogens is 4. The number of aromatic amines is 1. The molecular formula is C19H28N6O2. The molecule has 3 unspecified atom stereocenters. The van der Waals surface area contributed by atoms with E-state index >= 15 is 0 Å². The second-order valence-electron chi connectivity index (χ2n) is 7.33. The number of anilines is 1. The molecule has 0 amide bonds. The van der Waals surface area contributed by atoms with Gasteiger partial charge < -0.3 is 15.7 Å². The molecule has 146 valence electrons. The zero-order valence-electron chi connectivity index (χ0n) is 15.7. The van der Waals surface area contributed by atoms with Crippen LogP contribution in [0.5, 0.6) is 0 Å². The van der Waals surface area contributed by atoms with Gasteiger partial charge in [-0.25, -0.2) is 0 Å². The van der Waals surface area contributed by atoms with Crippen LogP contribution in [0.15, 0.2) is 24.3 Å². The number of piperidine rings is 1. The van der Waals surface area contributed by atoms with Crippen molar-refractivity contribution < 1.29 is 9.90 Å². The van der Waals surface area contributed by atoms with Gasteiger partial charge in [0.15, 0.2) is 5.82 Å². The van der Waals surface area contributed by atoms with E-state index in [-0.39, 0.29) is 12.0 Å². The van der Waals surface area contributed by atoms with Gasteiger partial charge in [-0.15, -0.1) is 10.2 Å². The Morgan fingerprint density at radius 2 is 2.19 bits per heavy atom. The summed E-state index contributed by atoms with van der Waals surface area (Å²) >= 11 is 0. The molecule has 27 heavy (non-hydrogen) atoms. The maximum absolute atomic E-state index is 11.8. The lowest BCUT2D eigenvalue weighted by atomic mass is 9.83. The lowest BCUT2D eigenvalue weighted by Gasteiger charge is -2.32. The monoisotopic (exact) mass is 372 g/mol. The molecule has 2 heterocycles. The predicted molar refractivity (Wildman–Crippen MR) is 103 cm³/mol. The van der Waals surface area contributed by atoms with Crippen LogP contribution in [0.1, 0.15) is 49.9 Å². The highest BCUT2D eigenvalue weighted by Gasteiger charge is 2.32. The third kappa shape index (κ3) is 4.82. The zero-order chi connectivity index (χ0) is 19.2. The number of tetrazole rings is 1. The fourth-order valence-corrected chi connectivity index (χ4v) is 3.89. The van der Waals surface area contributed by atoms with Crippen molar-refractivity contribution in [2.45, 2.75) is 51.0 Å². The number of aliphatic carboxylic acids is 1. The van der Waals surface area contributed by atoms with Crippen LogP contribution in [0.2, 0.25) is 0 Å².